The summed E-state index contributed by atoms with van der Waals surface area (Å²) in [6.07, 6.45) is 1.98. The number of nitrogens with one attached hydrogen (secondary N) is 2. The van der Waals surface area contributed by atoms with Gasteiger partial charge in [0.25, 0.3) is 0 Å². The van der Waals surface area contributed by atoms with E-state index in [1.807, 2.05) is 18.2 Å². The number of fused-ring (bicyclic) bond motifs is 1. The fourth-order valence-corrected chi connectivity index (χ4v) is 3.58. The van der Waals surface area contributed by atoms with Crippen molar-refractivity contribution in [1.82, 2.24) is 15.5 Å². The Hall–Kier alpha value is -2.41. The van der Waals surface area contributed by atoms with Gasteiger partial charge in [0, 0.05) is 24.1 Å². The van der Waals surface area contributed by atoms with Crippen LogP contribution in [-0.2, 0) is 24.2 Å². The van der Waals surface area contributed by atoms with Crippen LogP contribution in [0.25, 0.3) is 0 Å². The molecule has 28 heavy (non-hydrogen) atoms. The Morgan fingerprint density at radius 3 is 2.68 bits per heavy atom. The zero-order chi connectivity index (χ0) is 19.9. The number of carbonyl (C=O) groups is 2. The average Bonchev–Trinajstić information content (AvgIpc) is 2.70. The first-order valence-electron chi connectivity index (χ1n) is 9.33. The third kappa shape index (κ3) is 5.55. The summed E-state index contributed by atoms with van der Waals surface area (Å²) in [5.74, 6) is -0.353. The monoisotopic (exact) mass is 447 g/mol. The summed E-state index contributed by atoms with van der Waals surface area (Å²) in [5, 5.41) is 5.30. The van der Waals surface area contributed by atoms with Gasteiger partial charge in [0.15, 0.2) is 0 Å². The van der Waals surface area contributed by atoms with Gasteiger partial charge >= 0.3 is 6.03 Å². The van der Waals surface area contributed by atoms with Crippen LogP contribution in [0.3, 0.4) is 0 Å². The number of urea groups is 1. The fourth-order valence-electron chi connectivity index (χ4n) is 3.24. The molecule has 3 rings (SSSR count). The largest absolute Gasteiger partial charge is 0.338 e. The third-order valence-corrected chi connectivity index (χ3v) is 5.30. The average molecular weight is 448 g/mol. The first-order valence-corrected chi connectivity index (χ1v) is 10.1. The van der Waals surface area contributed by atoms with Crippen LogP contribution in [0, 0.1) is 5.82 Å². The number of hydrogen-bond donors (Lipinski definition) is 2. The summed E-state index contributed by atoms with van der Waals surface area (Å²) in [5.41, 5.74) is 3.05. The van der Waals surface area contributed by atoms with Gasteiger partial charge in [-0.2, -0.15) is 0 Å². The summed E-state index contributed by atoms with van der Waals surface area (Å²) in [6, 6.07) is 12.7. The van der Waals surface area contributed by atoms with E-state index in [1.54, 1.807) is 17.0 Å². The lowest BCUT2D eigenvalue weighted by atomic mass is 10.00. The summed E-state index contributed by atoms with van der Waals surface area (Å²) in [4.78, 5) is 26.0. The second kappa shape index (κ2) is 9.68. The molecule has 0 aliphatic carbocycles. The first-order chi connectivity index (χ1) is 13.5. The Morgan fingerprint density at radius 2 is 1.89 bits per heavy atom. The van der Waals surface area contributed by atoms with Crippen molar-refractivity contribution >= 4 is 27.9 Å². The molecule has 2 aromatic carbocycles. The molecular formula is C21H23BrFN3O2. The van der Waals surface area contributed by atoms with E-state index in [-0.39, 0.29) is 24.3 Å². The summed E-state index contributed by atoms with van der Waals surface area (Å²) >= 11 is 3.23. The molecule has 0 atom stereocenters. The van der Waals surface area contributed by atoms with Crippen molar-refractivity contribution in [1.29, 1.82) is 0 Å². The number of amides is 3. The van der Waals surface area contributed by atoms with E-state index in [9.17, 15) is 14.0 Å². The number of aryl methyl sites for hydroxylation is 1. The topological polar surface area (TPSA) is 61.4 Å². The van der Waals surface area contributed by atoms with Gasteiger partial charge in [-0.1, -0.05) is 46.3 Å². The van der Waals surface area contributed by atoms with Crippen LogP contribution in [0.15, 0.2) is 46.9 Å². The Balaban J connectivity index is 1.35. The molecule has 1 aliphatic rings. The smallest absolute Gasteiger partial charge is 0.315 e. The van der Waals surface area contributed by atoms with Crippen molar-refractivity contribution in [2.45, 2.75) is 25.8 Å². The van der Waals surface area contributed by atoms with Gasteiger partial charge < -0.3 is 15.5 Å². The van der Waals surface area contributed by atoms with E-state index >= 15 is 0 Å². The maximum absolute atomic E-state index is 13.7. The molecule has 7 heteroatoms. The van der Waals surface area contributed by atoms with Gasteiger partial charge in [-0.05, 0) is 48.1 Å². The minimum Gasteiger partial charge on any atom is -0.338 e. The lowest BCUT2D eigenvalue weighted by Crippen LogP contribution is -2.45. The number of halogens is 2. The van der Waals surface area contributed by atoms with E-state index < -0.39 is 0 Å². The Bertz CT molecular complexity index is 859. The van der Waals surface area contributed by atoms with E-state index in [4.69, 9.17) is 0 Å². The van der Waals surface area contributed by atoms with Gasteiger partial charge in [-0.15, -0.1) is 0 Å². The van der Waals surface area contributed by atoms with Crippen molar-refractivity contribution in [2.75, 3.05) is 19.6 Å². The van der Waals surface area contributed by atoms with E-state index in [1.165, 1.54) is 11.6 Å². The van der Waals surface area contributed by atoms with Crippen LogP contribution < -0.4 is 10.6 Å². The molecule has 0 radical (unpaired) electrons. The first kappa shape index (κ1) is 20.3. The van der Waals surface area contributed by atoms with Crippen LogP contribution in [0.5, 0.6) is 0 Å². The Labute approximate surface area is 172 Å². The number of hydrogen-bond acceptors (Lipinski definition) is 2. The molecule has 0 saturated heterocycles. The molecular weight excluding hydrogens is 425 g/mol. The number of carbonyl (C=O) groups excluding carboxylic acids is 2. The molecule has 0 fully saturated rings. The van der Waals surface area contributed by atoms with E-state index in [0.29, 0.717) is 42.5 Å². The standard InChI is InChI=1S/C21H23BrFN3O2/c22-18-8-7-16(19(23)12-18)6-3-10-24-21(28)25-13-20(27)26-11-9-15-4-1-2-5-17(15)14-26/h1-2,4-5,7-8,12H,3,6,9-11,13-14H2,(H2,24,25,28). The zero-order valence-electron chi connectivity index (χ0n) is 15.5. The molecule has 0 bridgehead atoms. The molecule has 2 aromatic rings. The highest BCUT2D eigenvalue weighted by Crippen LogP contribution is 2.18. The maximum atomic E-state index is 13.7. The normalized spacial score (nSPS) is 13.0. The molecule has 0 unspecified atom stereocenters. The van der Waals surface area contributed by atoms with Crippen molar-refractivity contribution in [2.24, 2.45) is 0 Å². The van der Waals surface area contributed by atoms with Gasteiger partial charge in [0.2, 0.25) is 5.91 Å². The molecule has 2 N–H and O–H groups in total. The van der Waals surface area contributed by atoms with Crippen molar-refractivity contribution in [3.8, 4) is 0 Å². The lowest BCUT2D eigenvalue weighted by Gasteiger charge is -2.29. The number of rotatable bonds is 6. The van der Waals surface area contributed by atoms with Gasteiger partial charge in [0.1, 0.15) is 5.82 Å². The van der Waals surface area contributed by atoms with E-state index in [2.05, 4.69) is 32.6 Å². The van der Waals surface area contributed by atoms with Crippen LogP contribution in [-0.4, -0.2) is 36.5 Å². The van der Waals surface area contributed by atoms with Crippen LogP contribution in [0.2, 0.25) is 0 Å². The van der Waals surface area contributed by atoms with Crippen molar-refractivity contribution in [3.63, 3.8) is 0 Å². The van der Waals surface area contributed by atoms with Gasteiger partial charge in [-0.25, -0.2) is 9.18 Å². The van der Waals surface area contributed by atoms with Crippen LogP contribution in [0.1, 0.15) is 23.1 Å². The molecule has 3 amide bonds. The highest BCUT2D eigenvalue weighted by molar-refractivity contribution is 9.10. The lowest BCUT2D eigenvalue weighted by molar-refractivity contribution is -0.130. The molecule has 1 heterocycles. The molecule has 1 aliphatic heterocycles. The predicted octanol–water partition coefficient (Wildman–Crippen LogP) is 3.40. The Kier molecular flexibility index (Phi) is 7.03. The zero-order valence-corrected chi connectivity index (χ0v) is 17.1. The quantitative estimate of drug-likeness (QED) is 0.666. The van der Waals surface area contributed by atoms with Crippen molar-refractivity contribution in [3.05, 3.63) is 69.4 Å². The Morgan fingerprint density at radius 1 is 1.11 bits per heavy atom. The fraction of sp³-hybridized carbons (Fsp3) is 0.333. The molecule has 148 valence electrons. The SMILES string of the molecule is O=C(NCCCc1ccc(Br)cc1F)NCC(=O)N1CCc2ccccc2C1. The summed E-state index contributed by atoms with van der Waals surface area (Å²) in [6.45, 7) is 1.62. The van der Waals surface area contributed by atoms with Crippen LogP contribution >= 0.6 is 15.9 Å². The van der Waals surface area contributed by atoms with Gasteiger partial charge in [0.05, 0.1) is 6.54 Å². The third-order valence-electron chi connectivity index (χ3n) is 4.81. The summed E-state index contributed by atoms with van der Waals surface area (Å²) in [7, 11) is 0. The maximum Gasteiger partial charge on any atom is 0.315 e. The van der Waals surface area contributed by atoms with E-state index in [0.717, 1.165) is 12.0 Å². The van der Waals surface area contributed by atoms with Crippen molar-refractivity contribution < 1.29 is 14.0 Å². The predicted molar refractivity (Wildman–Crippen MR) is 109 cm³/mol. The molecule has 0 spiro atoms. The minimum absolute atomic E-state index is 0.0324. The summed E-state index contributed by atoms with van der Waals surface area (Å²) < 4.78 is 14.4. The molecule has 0 saturated carbocycles. The number of benzene rings is 2. The molecule has 0 aromatic heterocycles. The molecule has 5 nitrogen and oxygen atoms in total. The van der Waals surface area contributed by atoms with Gasteiger partial charge in [-0.3, -0.25) is 4.79 Å². The number of nitrogens with zero attached hydrogens (tertiary/aromatic N) is 1. The second-order valence-corrected chi connectivity index (χ2v) is 7.70. The van der Waals surface area contributed by atoms with Crippen LogP contribution in [0.4, 0.5) is 9.18 Å². The minimum atomic E-state index is -0.387. The second-order valence-electron chi connectivity index (χ2n) is 6.78. The highest BCUT2D eigenvalue weighted by Gasteiger charge is 2.20. The highest BCUT2D eigenvalue weighted by atomic mass is 79.9.